The Morgan fingerprint density at radius 1 is 1.45 bits per heavy atom. The molecule has 0 spiro atoms. The molecule has 1 heterocycles. The summed E-state index contributed by atoms with van der Waals surface area (Å²) in [5.41, 5.74) is 1.36. The van der Waals surface area contributed by atoms with Gasteiger partial charge in [0.15, 0.2) is 0 Å². The zero-order valence-corrected chi connectivity index (χ0v) is 13.6. The molecular weight excluding hydrogens is 272 g/mol. The smallest absolute Gasteiger partial charge is 0.139 e. The van der Waals surface area contributed by atoms with Gasteiger partial charge >= 0.3 is 0 Å². The van der Waals surface area contributed by atoms with Crippen LogP contribution in [-0.2, 0) is 0 Å². The van der Waals surface area contributed by atoms with Crippen LogP contribution < -0.4 is 15.0 Å². The second-order valence-corrected chi connectivity index (χ2v) is 6.21. The lowest BCUT2D eigenvalue weighted by atomic mass is 9.92. The third kappa shape index (κ3) is 3.04. The van der Waals surface area contributed by atoms with Crippen molar-refractivity contribution in [1.82, 2.24) is 5.32 Å². The molecule has 0 amide bonds. The first-order valence-electron chi connectivity index (χ1n) is 7.38. The van der Waals surface area contributed by atoms with Gasteiger partial charge in [0, 0.05) is 36.4 Å². The van der Waals surface area contributed by atoms with Crippen molar-refractivity contribution in [3.05, 3.63) is 23.2 Å². The number of hydrogen-bond acceptors (Lipinski definition) is 3. The van der Waals surface area contributed by atoms with Crippen molar-refractivity contribution in [3.63, 3.8) is 0 Å². The number of anilines is 1. The van der Waals surface area contributed by atoms with Crippen LogP contribution in [0.5, 0.6) is 5.75 Å². The monoisotopic (exact) mass is 296 g/mol. The largest absolute Gasteiger partial charge is 0.495 e. The molecule has 0 bridgehead atoms. The summed E-state index contributed by atoms with van der Waals surface area (Å²) in [6, 6.07) is 6.58. The fourth-order valence-electron chi connectivity index (χ4n) is 2.77. The van der Waals surface area contributed by atoms with E-state index in [0.717, 1.165) is 31.7 Å². The van der Waals surface area contributed by atoms with E-state index < -0.39 is 0 Å². The molecule has 20 heavy (non-hydrogen) atoms. The van der Waals surface area contributed by atoms with Crippen LogP contribution in [-0.4, -0.2) is 31.8 Å². The van der Waals surface area contributed by atoms with Crippen molar-refractivity contribution < 1.29 is 4.74 Å². The van der Waals surface area contributed by atoms with Gasteiger partial charge in [0.2, 0.25) is 0 Å². The van der Waals surface area contributed by atoms with Crippen LogP contribution in [0.25, 0.3) is 0 Å². The van der Waals surface area contributed by atoms with Crippen molar-refractivity contribution in [2.45, 2.75) is 45.2 Å². The maximum atomic E-state index is 6.13. The van der Waals surface area contributed by atoms with Crippen molar-refractivity contribution >= 4 is 17.3 Å². The molecule has 112 valence electrons. The summed E-state index contributed by atoms with van der Waals surface area (Å²) in [4.78, 5) is 2.48. The highest BCUT2D eigenvalue weighted by atomic mass is 35.5. The van der Waals surface area contributed by atoms with Crippen molar-refractivity contribution in [2.75, 3.05) is 25.1 Å². The molecule has 1 saturated heterocycles. The highest BCUT2D eigenvalue weighted by Gasteiger charge is 2.34. The zero-order valence-electron chi connectivity index (χ0n) is 12.9. The van der Waals surface area contributed by atoms with Gasteiger partial charge in [-0.05, 0) is 31.9 Å². The van der Waals surface area contributed by atoms with E-state index >= 15 is 0 Å². The Morgan fingerprint density at radius 2 is 2.20 bits per heavy atom. The Labute approximate surface area is 127 Å². The summed E-state index contributed by atoms with van der Waals surface area (Å²) >= 11 is 6.13. The number of benzene rings is 1. The highest BCUT2D eigenvalue weighted by Crippen LogP contribution is 2.33. The molecular formula is C16H25ClN2O. The SMILES string of the molecule is CCC1CNC(C)(CC)CN1c1ccc(Cl)c(OC)c1. The molecule has 1 aromatic rings. The van der Waals surface area contributed by atoms with Crippen LogP contribution in [0.15, 0.2) is 18.2 Å². The predicted molar refractivity (Wildman–Crippen MR) is 86.1 cm³/mol. The average Bonchev–Trinajstić information content (AvgIpc) is 2.48. The molecule has 0 saturated carbocycles. The fraction of sp³-hybridized carbons (Fsp3) is 0.625. The molecule has 4 heteroatoms. The van der Waals surface area contributed by atoms with Crippen LogP contribution in [0.4, 0.5) is 5.69 Å². The van der Waals surface area contributed by atoms with E-state index in [2.05, 4.69) is 37.1 Å². The van der Waals surface area contributed by atoms with Gasteiger partial charge in [-0.2, -0.15) is 0 Å². The standard InChI is InChI=1S/C16H25ClN2O/c1-5-12-10-18-16(3,6-2)11-19(12)13-7-8-14(17)15(9-13)20-4/h7-9,12,18H,5-6,10-11H2,1-4H3. The lowest BCUT2D eigenvalue weighted by Gasteiger charge is -2.47. The van der Waals surface area contributed by atoms with Gasteiger partial charge < -0.3 is 15.0 Å². The van der Waals surface area contributed by atoms with E-state index in [9.17, 15) is 0 Å². The molecule has 0 aromatic heterocycles. The maximum Gasteiger partial charge on any atom is 0.139 e. The van der Waals surface area contributed by atoms with E-state index in [1.54, 1.807) is 7.11 Å². The molecule has 1 aromatic carbocycles. The average molecular weight is 297 g/mol. The van der Waals surface area contributed by atoms with Crippen LogP contribution in [0.3, 0.4) is 0 Å². The molecule has 2 atom stereocenters. The summed E-state index contributed by atoms with van der Waals surface area (Å²) in [5.74, 6) is 0.746. The van der Waals surface area contributed by atoms with Crippen LogP contribution in [0.2, 0.25) is 5.02 Å². The molecule has 1 aliphatic heterocycles. The third-order valence-corrected chi connectivity index (χ3v) is 4.75. The van der Waals surface area contributed by atoms with E-state index in [-0.39, 0.29) is 5.54 Å². The number of halogens is 1. The van der Waals surface area contributed by atoms with E-state index in [1.807, 2.05) is 12.1 Å². The van der Waals surface area contributed by atoms with Crippen molar-refractivity contribution in [1.29, 1.82) is 0 Å². The lowest BCUT2D eigenvalue weighted by Crippen LogP contribution is -2.62. The molecule has 0 radical (unpaired) electrons. The van der Waals surface area contributed by atoms with Crippen LogP contribution in [0, 0.1) is 0 Å². The first kappa shape index (κ1) is 15.5. The first-order chi connectivity index (χ1) is 9.53. The minimum Gasteiger partial charge on any atom is -0.495 e. The van der Waals surface area contributed by atoms with E-state index in [0.29, 0.717) is 11.1 Å². The van der Waals surface area contributed by atoms with Crippen LogP contribution in [0.1, 0.15) is 33.6 Å². The molecule has 2 unspecified atom stereocenters. The summed E-state index contributed by atoms with van der Waals surface area (Å²) in [7, 11) is 1.66. The quantitative estimate of drug-likeness (QED) is 0.917. The zero-order chi connectivity index (χ0) is 14.8. The van der Waals surface area contributed by atoms with Gasteiger partial charge in [-0.15, -0.1) is 0 Å². The van der Waals surface area contributed by atoms with Crippen LogP contribution >= 0.6 is 11.6 Å². The number of hydrogen-bond donors (Lipinski definition) is 1. The highest BCUT2D eigenvalue weighted by molar-refractivity contribution is 6.32. The number of piperazine rings is 1. The number of methoxy groups -OCH3 is 1. The molecule has 3 nitrogen and oxygen atoms in total. The number of ether oxygens (including phenoxy) is 1. The van der Waals surface area contributed by atoms with Crippen molar-refractivity contribution in [3.8, 4) is 5.75 Å². The molecule has 2 rings (SSSR count). The van der Waals surface area contributed by atoms with Gasteiger partial charge in [-0.1, -0.05) is 25.4 Å². The normalized spacial score (nSPS) is 26.6. The van der Waals surface area contributed by atoms with Gasteiger partial charge in [0.25, 0.3) is 0 Å². The summed E-state index contributed by atoms with van der Waals surface area (Å²) in [6.45, 7) is 8.79. The minimum atomic E-state index is 0.165. The first-order valence-corrected chi connectivity index (χ1v) is 7.76. The molecule has 0 aliphatic carbocycles. The van der Waals surface area contributed by atoms with Gasteiger partial charge in [-0.3, -0.25) is 0 Å². The number of nitrogens with zero attached hydrogens (tertiary/aromatic N) is 1. The van der Waals surface area contributed by atoms with E-state index in [1.165, 1.54) is 5.69 Å². The molecule has 1 fully saturated rings. The van der Waals surface area contributed by atoms with Gasteiger partial charge in [-0.25, -0.2) is 0 Å². The Bertz CT molecular complexity index is 466. The Hall–Kier alpha value is -0.930. The molecule has 1 N–H and O–H groups in total. The third-order valence-electron chi connectivity index (χ3n) is 4.44. The Balaban J connectivity index is 2.31. The summed E-state index contributed by atoms with van der Waals surface area (Å²) in [5, 5.41) is 4.35. The fourth-order valence-corrected chi connectivity index (χ4v) is 2.96. The Kier molecular flexibility index (Phi) is 4.82. The lowest BCUT2D eigenvalue weighted by molar-refractivity contribution is 0.276. The summed E-state index contributed by atoms with van der Waals surface area (Å²) < 4.78 is 5.35. The number of nitrogens with one attached hydrogen (secondary N) is 1. The maximum absolute atomic E-state index is 6.13. The predicted octanol–water partition coefficient (Wildman–Crippen LogP) is 3.71. The second kappa shape index (κ2) is 6.23. The van der Waals surface area contributed by atoms with Crippen molar-refractivity contribution in [2.24, 2.45) is 0 Å². The number of rotatable bonds is 4. The van der Waals surface area contributed by atoms with E-state index in [4.69, 9.17) is 16.3 Å². The van der Waals surface area contributed by atoms with Gasteiger partial charge in [0.05, 0.1) is 12.1 Å². The van der Waals surface area contributed by atoms with Gasteiger partial charge in [0.1, 0.15) is 5.75 Å². The second-order valence-electron chi connectivity index (χ2n) is 5.80. The molecule has 1 aliphatic rings. The Morgan fingerprint density at radius 3 is 2.80 bits per heavy atom. The summed E-state index contributed by atoms with van der Waals surface area (Å²) in [6.07, 6.45) is 2.24. The minimum absolute atomic E-state index is 0.165. The topological polar surface area (TPSA) is 24.5 Å².